The van der Waals surface area contributed by atoms with Crippen molar-refractivity contribution in [2.24, 2.45) is 13.0 Å². The van der Waals surface area contributed by atoms with E-state index < -0.39 is 0 Å². The third-order valence-electron chi connectivity index (χ3n) is 6.03. The molecule has 4 aromatic heterocycles. The number of furan rings is 1. The van der Waals surface area contributed by atoms with Crippen LogP contribution in [0.25, 0.3) is 22.5 Å². The molecule has 0 bridgehead atoms. The molecular weight excluding hydrogens is 456 g/mol. The average molecular weight is 479 g/mol. The minimum absolute atomic E-state index is 0.154. The number of aryl methyl sites for hydroxylation is 2. The Morgan fingerprint density at radius 1 is 1.26 bits per heavy atom. The molecule has 0 aromatic carbocycles. The first kappa shape index (κ1) is 22.1. The number of aromatic nitrogens is 4. The van der Waals surface area contributed by atoms with Gasteiger partial charge in [-0.15, -0.1) is 0 Å². The maximum Gasteiger partial charge on any atom is 0.254 e. The van der Waals surface area contributed by atoms with Gasteiger partial charge in [0.25, 0.3) is 5.91 Å². The molecule has 1 saturated heterocycles. The average Bonchev–Trinajstić information content (AvgIpc) is 3.48. The van der Waals surface area contributed by atoms with Crippen molar-refractivity contribution < 1.29 is 14.0 Å². The van der Waals surface area contributed by atoms with Crippen LogP contribution in [0.4, 0.5) is 5.82 Å². The molecule has 1 aliphatic heterocycles. The smallest absolute Gasteiger partial charge is 0.254 e. The van der Waals surface area contributed by atoms with Crippen LogP contribution in [0.2, 0.25) is 5.02 Å². The van der Waals surface area contributed by atoms with Crippen LogP contribution in [0.1, 0.15) is 28.9 Å². The summed E-state index contributed by atoms with van der Waals surface area (Å²) in [5, 5.41) is 8.50. The Hall–Kier alpha value is -3.72. The monoisotopic (exact) mass is 478 g/mol. The molecule has 34 heavy (non-hydrogen) atoms. The lowest BCUT2D eigenvalue weighted by atomic mass is 9.96. The van der Waals surface area contributed by atoms with Crippen molar-refractivity contribution in [3.63, 3.8) is 0 Å². The second-order valence-corrected chi connectivity index (χ2v) is 8.82. The highest BCUT2D eigenvalue weighted by Crippen LogP contribution is 2.29. The number of nitrogens with zero attached hydrogens (tertiary/aromatic N) is 5. The fourth-order valence-electron chi connectivity index (χ4n) is 4.39. The van der Waals surface area contributed by atoms with Crippen molar-refractivity contribution in [2.75, 3.05) is 18.4 Å². The predicted octanol–water partition coefficient (Wildman–Crippen LogP) is 4.08. The molecule has 0 saturated carbocycles. The second-order valence-electron chi connectivity index (χ2n) is 8.38. The van der Waals surface area contributed by atoms with Gasteiger partial charge < -0.3 is 14.6 Å². The number of rotatable bonds is 4. The van der Waals surface area contributed by atoms with E-state index in [1.165, 1.54) is 6.20 Å². The van der Waals surface area contributed by atoms with Gasteiger partial charge in [0.1, 0.15) is 11.5 Å². The number of anilines is 1. The Morgan fingerprint density at radius 3 is 2.85 bits per heavy atom. The Kier molecular flexibility index (Phi) is 5.79. The quantitative estimate of drug-likeness (QED) is 0.473. The highest BCUT2D eigenvalue weighted by Gasteiger charge is 2.31. The molecular formula is C24H23ClN6O3. The Bertz CT molecular complexity index is 1360. The van der Waals surface area contributed by atoms with E-state index in [-0.39, 0.29) is 17.7 Å². The van der Waals surface area contributed by atoms with Crippen LogP contribution in [-0.4, -0.2) is 49.6 Å². The predicted molar refractivity (Wildman–Crippen MR) is 127 cm³/mol. The van der Waals surface area contributed by atoms with Crippen molar-refractivity contribution in [1.82, 2.24) is 24.6 Å². The van der Waals surface area contributed by atoms with Crippen molar-refractivity contribution in [2.45, 2.75) is 19.8 Å². The Labute approximate surface area is 200 Å². The summed E-state index contributed by atoms with van der Waals surface area (Å²) < 4.78 is 7.19. The third-order valence-corrected chi connectivity index (χ3v) is 6.25. The topological polar surface area (TPSA) is 106 Å². The van der Waals surface area contributed by atoms with Gasteiger partial charge in [-0.05, 0) is 50.1 Å². The summed E-state index contributed by atoms with van der Waals surface area (Å²) in [7, 11) is 1.80. The largest absolute Gasteiger partial charge is 0.463 e. The number of carbonyl (C=O) groups excluding carboxylic acids is 2. The summed E-state index contributed by atoms with van der Waals surface area (Å²) in [6, 6.07) is 8.65. The number of likely N-dealkylation sites (tertiary alicyclic amines) is 1. The lowest BCUT2D eigenvalue weighted by Gasteiger charge is -2.32. The van der Waals surface area contributed by atoms with E-state index >= 15 is 0 Å². The van der Waals surface area contributed by atoms with Crippen LogP contribution in [0.15, 0.2) is 47.2 Å². The van der Waals surface area contributed by atoms with Gasteiger partial charge in [-0.25, -0.2) is 9.97 Å². The summed E-state index contributed by atoms with van der Waals surface area (Å²) in [5.74, 6) is 0.343. The molecule has 10 heteroatoms. The number of hydrogen-bond acceptors (Lipinski definition) is 6. The zero-order chi connectivity index (χ0) is 23.8. The normalized spacial score (nSPS) is 16.1. The first-order valence-corrected chi connectivity index (χ1v) is 11.4. The highest BCUT2D eigenvalue weighted by molar-refractivity contribution is 6.30. The van der Waals surface area contributed by atoms with Crippen LogP contribution < -0.4 is 5.32 Å². The molecule has 4 aromatic rings. The van der Waals surface area contributed by atoms with E-state index in [1.54, 1.807) is 53.2 Å². The number of carbonyl (C=O) groups is 2. The highest BCUT2D eigenvalue weighted by atomic mass is 35.5. The van der Waals surface area contributed by atoms with E-state index in [1.807, 2.05) is 6.92 Å². The fourth-order valence-corrected chi connectivity index (χ4v) is 4.50. The second kappa shape index (κ2) is 8.90. The van der Waals surface area contributed by atoms with Crippen LogP contribution >= 0.6 is 11.6 Å². The van der Waals surface area contributed by atoms with Crippen molar-refractivity contribution in [3.8, 4) is 11.5 Å². The summed E-state index contributed by atoms with van der Waals surface area (Å²) in [6.45, 7) is 2.75. The van der Waals surface area contributed by atoms with E-state index in [4.69, 9.17) is 16.0 Å². The number of amides is 2. The van der Waals surface area contributed by atoms with Crippen molar-refractivity contribution in [1.29, 1.82) is 0 Å². The molecule has 1 unspecified atom stereocenters. The molecule has 2 amide bonds. The first-order valence-electron chi connectivity index (χ1n) is 11.0. The number of pyridine rings is 2. The number of hydrogen-bond donors (Lipinski definition) is 1. The summed E-state index contributed by atoms with van der Waals surface area (Å²) >= 11 is 5.87. The molecule has 0 spiro atoms. The molecule has 5 rings (SSSR count). The lowest BCUT2D eigenvalue weighted by molar-refractivity contribution is -0.121. The van der Waals surface area contributed by atoms with Gasteiger partial charge in [0.15, 0.2) is 11.4 Å². The third kappa shape index (κ3) is 4.14. The van der Waals surface area contributed by atoms with Crippen LogP contribution in [0, 0.1) is 12.8 Å². The number of nitrogens with one attached hydrogen (secondary N) is 1. The summed E-state index contributed by atoms with van der Waals surface area (Å²) in [6.07, 6.45) is 4.47. The summed E-state index contributed by atoms with van der Waals surface area (Å²) in [5.41, 5.74) is 2.39. The van der Waals surface area contributed by atoms with Gasteiger partial charge in [-0.2, -0.15) is 5.10 Å². The molecule has 9 nitrogen and oxygen atoms in total. The molecule has 0 radical (unpaired) electrons. The van der Waals surface area contributed by atoms with E-state index in [2.05, 4.69) is 20.4 Å². The van der Waals surface area contributed by atoms with Gasteiger partial charge >= 0.3 is 0 Å². The van der Waals surface area contributed by atoms with Crippen LogP contribution in [-0.2, 0) is 11.8 Å². The van der Waals surface area contributed by atoms with Crippen LogP contribution in [0.3, 0.4) is 0 Å². The summed E-state index contributed by atoms with van der Waals surface area (Å²) in [4.78, 5) is 37.1. The molecule has 1 N–H and O–H groups in total. The Morgan fingerprint density at radius 2 is 2.12 bits per heavy atom. The first-order chi connectivity index (χ1) is 16.4. The van der Waals surface area contributed by atoms with E-state index in [0.29, 0.717) is 58.4 Å². The van der Waals surface area contributed by atoms with Gasteiger partial charge in [0.2, 0.25) is 5.91 Å². The van der Waals surface area contributed by atoms with Crippen molar-refractivity contribution >= 4 is 40.3 Å². The van der Waals surface area contributed by atoms with Crippen molar-refractivity contribution in [3.05, 3.63) is 59.1 Å². The molecule has 174 valence electrons. The van der Waals surface area contributed by atoms with Gasteiger partial charge in [-0.3, -0.25) is 14.3 Å². The molecule has 1 aliphatic rings. The van der Waals surface area contributed by atoms with E-state index in [9.17, 15) is 9.59 Å². The fraction of sp³-hybridized carbons (Fsp3) is 0.292. The molecule has 5 heterocycles. The SMILES string of the molecule is Cc1nn(C)c2nc(-c3ccco3)cc(C(=O)N3CCCC(C(=O)Nc4ccc(Cl)cn4)C3)c12. The maximum atomic E-state index is 13.7. The zero-order valence-electron chi connectivity index (χ0n) is 18.8. The lowest BCUT2D eigenvalue weighted by Crippen LogP contribution is -2.44. The molecule has 1 fully saturated rings. The molecule has 1 atom stereocenters. The van der Waals surface area contributed by atoms with Gasteiger partial charge in [0, 0.05) is 26.3 Å². The number of fused-ring (bicyclic) bond motifs is 1. The van der Waals surface area contributed by atoms with E-state index in [0.717, 1.165) is 12.1 Å². The van der Waals surface area contributed by atoms with Crippen LogP contribution in [0.5, 0.6) is 0 Å². The van der Waals surface area contributed by atoms with Gasteiger partial charge in [0.05, 0.1) is 33.8 Å². The number of halogens is 1. The number of piperidine rings is 1. The molecule has 0 aliphatic carbocycles. The zero-order valence-corrected chi connectivity index (χ0v) is 19.5. The minimum Gasteiger partial charge on any atom is -0.463 e. The maximum absolute atomic E-state index is 13.7. The minimum atomic E-state index is -0.341. The van der Waals surface area contributed by atoms with Gasteiger partial charge in [-0.1, -0.05) is 11.6 Å². The standard InChI is InChI=1S/C24H23ClN6O3/c1-14-21-17(11-18(19-6-4-10-34-19)27-22(21)30(2)29-14)24(33)31-9-3-5-15(13-31)23(32)28-20-8-7-16(25)12-26-20/h4,6-8,10-12,15H,3,5,9,13H2,1-2H3,(H,26,28,32). The Balaban J connectivity index is 1.43.